The van der Waals surface area contributed by atoms with Crippen molar-refractivity contribution < 1.29 is 8.42 Å². The van der Waals surface area contributed by atoms with E-state index in [2.05, 4.69) is 10.00 Å². The molecule has 0 amide bonds. The number of nitrogens with zero attached hydrogens (tertiary/aromatic N) is 3. The van der Waals surface area contributed by atoms with Crippen LogP contribution in [0.1, 0.15) is 11.3 Å². The Morgan fingerprint density at radius 1 is 1.35 bits per heavy atom. The molecule has 1 aliphatic heterocycles. The quantitative estimate of drug-likeness (QED) is 0.795. The van der Waals surface area contributed by atoms with Gasteiger partial charge < -0.3 is 0 Å². The number of rotatable bonds is 2. The van der Waals surface area contributed by atoms with E-state index >= 15 is 0 Å². The summed E-state index contributed by atoms with van der Waals surface area (Å²) in [6.45, 7) is 3.75. The average molecular weight is 278 g/mol. The van der Waals surface area contributed by atoms with Gasteiger partial charge >= 0.3 is 0 Å². The fraction of sp³-hybridized carbons (Fsp3) is 0.700. The average Bonchev–Trinajstić information content (AvgIpc) is 2.48. The van der Waals surface area contributed by atoms with Gasteiger partial charge in [-0.25, -0.2) is 8.42 Å². The van der Waals surface area contributed by atoms with Crippen molar-refractivity contribution in [2.45, 2.75) is 13.5 Å². The lowest BCUT2D eigenvalue weighted by Gasteiger charge is -2.26. The van der Waals surface area contributed by atoms with Gasteiger partial charge in [0.2, 0.25) is 0 Å². The highest BCUT2D eigenvalue weighted by molar-refractivity contribution is 7.91. The van der Waals surface area contributed by atoms with Crippen molar-refractivity contribution in [1.29, 1.82) is 0 Å². The SMILES string of the molecule is Cc1nn(C)c(Cl)c1CN1CCS(=O)(=O)CC1. The Morgan fingerprint density at radius 3 is 2.41 bits per heavy atom. The standard InChI is InChI=1S/C10H16ClN3O2S/c1-8-9(10(11)13(2)12-8)7-14-3-5-17(15,16)6-4-14/h3-7H2,1-2H3. The molecule has 1 saturated heterocycles. The van der Waals surface area contributed by atoms with Gasteiger partial charge in [0, 0.05) is 32.2 Å². The van der Waals surface area contributed by atoms with Gasteiger partial charge in [0.05, 0.1) is 17.2 Å². The van der Waals surface area contributed by atoms with Gasteiger partial charge in [-0.2, -0.15) is 5.10 Å². The zero-order chi connectivity index (χ0) is 12.6. The molecule has 1 fully saturated rings. The molecule has 0 spiro atoms. The third-order valence-corrected chi connectivity index (χ3v) is 5.17. The van der Waals surface area contributed by atoms with Gasteiger partial charge in [-0.05, 0) is 6.92 Å². The van der Waals surface area contributed by atoms with Crippen molar-refractivity contribution >= 4 is 21.4 Å². The van der Waals surface area contributed by atoms with Crippen LogP contribution in [0.2, 0.25) is 5.15 Å². The lowest BCUT2D eigenvalue weighted by atomic mass is 10.2. The zero-order valence-electron chi connectivity index (χ0n) is 9.98. The first-order chi connectivity index (χ1) is 7.89. The highest BCUT2D eigenvalue weighted by Gasteiger charge is 2.23. The molecule has 1 aliphatic rings. The summed E-state index contributed by atoms with van der Waals surface area (Å²) in [7, 11) is -1.01. The Hall–Kier alpha value is -0.590. The molecule has 0 saturated carbocycles. The van der Waals surface area contributed by atoms with Gasteiger partial charge in [-0.15, -0.1) is 0 Å². The number of sulfone groups is 1. The van der Waals surface area contributed by atoms with Gasteiger partial charge in [-0.1, -0.05) is 11.6 Å². The summed E-state index contributed by atoms with van der Waals surface area (Å²) >= 11 is 6.14. The summed E-state index contributed by atoms with van der Waals surface area (Å²) in [6.07, 6.45) is 0. The van der Waals surface area contributed by atoms with E-state index in [1.807, 2.05) is 6.92 Å². The van der Waals surface area contributed by atoms with Crippen molar-refractivity contribution in [3.05, 3.63) is 16.4 Å². The van der Waals surface area contributed by atoms with E-state index in [4.69, 9.17) is 11.6 Å². The minimum atomic E-state index is -2.82. The highest BCUT2D eigenvalue weighted by Crippen LogP contribution is 2.21. The van der Waals surface area contributed by atoms with Crippen LogP contribution in [-0.4, -0.2) is 47.7 Å². The van der Waals surface area contributed by atoms with E-state index in [9.17, 15) is 8.42 Å². The molecule has 96 valence electrons. The van der Waals surface area contributed by atoms with Crippen molar-refractivity contribution in [3.8, 4) is 0 Å². The Morgan fingerprint density at radius 2 is 1.94 bits per heavy atom. The number of hydrogen-bond acceptors (Lipinski definition) is 4. The number of halogens is 1. The first-order valence-corrected chi connectivity index (χ1v) is 7.70. The van der Waals surface area contributed by atoms with Crippen LogP contribution in [0, 0.1) is 6.92 Å². The molecule has 0 aromatic carbocycles. The summed E-state index contributed by atoms with van der Waals surface area (Å²) in [5.74, 6) is 0.480. The largest absolute Gasteiger partial charge is 0.297 e. The maximum Gasteiger partial charge on any atom is 0.152 e. The van der Waals surface area contributed by atoms with Crippen molar-refractivity contribution in [3.63, 3.8) is 0 Å². The fourth-order valence-electron chi connectivity index (χ4n) is 1.99. The second-order valence-electron chi connectivity index (χ2n) is 4.41. The molecule has 0 unspecified atom stereocenters. The van der Waals surface area contributed by atoms with Crippen LogP contribution in [0.25, 0.3) is 0 Å². The molecule has 2 rings (SSSR count). The van der Waals surface area contributed by atoms with Crippen molar-refractivity contribution in [2.75, 3.05) is 24.6 Å². The van der Waals surface area contributed by atoms with Crippen LogP contribution < -0.4 is 0 Å². The predicted molar refractivity (Wildman–Crippen MR) is 66.9 cm³/mol. The topological polar surface area (TPSA) is 55.2 Å². The number of hydrogen-bond donors (Lipinski definition) is 0. The minimum absolute atomic E-state index is 0.240. The van der Waals surface area contributed by atoms with Crippen LogP contribution in [0.15, 0.2) is 0 Å². The molecule has 0 aliphatic carbocycles. The summed E-state index contributed by atoms with van der Waals surface area (Å²) in [4.78, 5) is 2.11. The van der Waals surface area contributed by atoms with Crippen LogP contribution in [0.4, 0.5) is 0 Å². The van der Waals surface area contributed by atoms with Gasteiger partial charge in [0.15, 0.2) is 9.84 Å². The second kappa shape index (κ2) is 4.59. The molecule has 0 N–H and O–H groups in total. The third-order valence-electron chi connectivity index (χ3n) is 3.09. The third kappa shape index (κ3) is 2.81. The molecular weight excluding hydrogens is 262 g/mol. The van der Waals surface area contributed by atoms with Crippen LogP contribution >= 0.6 is 11.6 Å². The Balaban J connectivity index is 2.07. The Labute approximate surface area is 106 Å². The molecular formula is C10H16ClN3O2S. The van der Waals surface area contributed by atoms with Crippen molar-refractivity contribution in [2.24, 2.45) is 7.05 Å². The van der Waals surface area contributed by atoms with Crippen molar-refractivity contribution in [1.82, 2.24) is 14.7 Å². The first kappa shape index (κ1) is 12.9. The molecule has 5 nitrogen and oxygen atoms in total. The van der Waals surface area contributed by atoms with Crippen LogP contribution in [0.5, 0.6) is 0 Å². The molecule has 7 heteroatoms. The maximum atomic E-state index is 11.3. The van der Waals surface area contributed by atoms with Gasteiger partial charge in [0.25, 0.3) is 0 Å². The van der Waals surface area contributed by atoms with E-state index in [0.717, 1.165) is 11.3 Å². The normalized spacial score (nSPS) is 20.6. The summed E-state index contributed by atoms with van der Waals surface area (Å²) in [6, 6.07) is 0. The Kier molecular flexibility index (Phi) is 3.47. The summed E-state index contributed by atoms with van der Waals surface area (Å²) < 4.78 is 24.3. The molecule has 0 radical (unpaired) electrons. The first-order valence-electron chi connectivity index (χ1n) is 5.50. The zero-order valence-corrected chi connectivity index (χ0v) is 11.6. The smallest absolute Gasteiger partial charge is 0.152 e. The van der Waals surface area contributed by atoms with Gasteiger partial charge in [-0.3, -0.25) is 9.58 Å². The van der Waals surface area contributed by atoms with E-state index in [1.54, 1.807) is 11.7 Å². The van der Waals surface area contributed by atoms with Crippen LogP contribution in [-0.2, 0) is 23.4 Å². The Bertz CT molecular complexity index is 510. The monoisotopic (exact) mass is 277 g/mol. The molecule has 1 aromatic heterocycles. The predicted octanol–water partition coefficient (Wildman–Crippen LogP) is 0.612. The van der Waals surface area contributed by atoms with E-state index in [1.165, 1.54) is 0 Å². The molecule has 2 heterocycles. The van der Waals surface area contributed by atoms with E-state index in [-0.39, 0.29) is 11.5 Å². The lowest BCUT2D eigenvalue weighted by molar-refractivity contribution is 0.287. The molecule has 0 atom stereocenters. The molecule has 17 heavy (non-hydrogen) atoms. The second-order valence-corrected chi connectivity index (χ2v) is 7.07. The fourth-order valence-corrected chi connectivity index (χ4v) is 3.50. The minimum Gasteiger partial charge on any atom is -0.297 e. The molecule has 1 aromatic rings. The molecule has 0 bridgehead atoms. The van der Waals surface area contributed by atoms with Gasteiger partial charge in [0.1, 0.15) is 5.15 Å². The number of aromatic nitrogens is 2. The lowest BCUT2D eigenvalue weighted by Crippen LogP contribution is -2.39. The summed E-state index contributed by atoms with van der Waals surface area (Å²) in [5.41, 5.74) is 1.90. The summed E-state index contributed by atoms with van der Waals surface area (Å²) in [5, 5.41) is 4.88. The van der Waals surface area contributed by atoms with Crippen LogP contribution in [0.3, 0.4) is 0 Å². The maximum absolute atomic E-state index is 11.3. The van der Waals surface area contributed by atoms with E-state index in [0.29, 0.717) is 24.8 Å². The highest BCUT2D eigenvalue weighted by atomic mass is 35.5. The van der Waals surface area contributed by atoms with E-state index < -0.39 is 9.84 Å². The number of aryl methyl sites for hydroxylation is 2.